The van der Waals surface area contributed by atoms with Crippen molar-refractivity contribution in [1.82, 2.24) is 4.90 Å². The molecule has 2 nitrogen and oxygen atoms in total. The van der Waals surface area contributed by atoms with Crippen LogP contribution in [-0.2, 0) is 0 Å². The second kappa shape index (κ2) is 2.46. The van der Waals surface area contributed by atoms with Crippen LogP contribution in [0, 0.1) is 5.41 Å². The summed E-state index contributed by atoms with van der Waals surface area (Å²) in [4.78, 5) is 2.39. The molecule has 1 N–H and O–H groups in total. The molecule has 1 aliphatic rings. The maximum absolute atomic E-state index is 9.00. The third-order valence-corrected chi connectivity index (χ3v) is 2.48. The molecule has 0 radical (unpaired) electrons. The zero-order valence-corrected chi connectivity index (χ0v) is 8.02. The lowest BCUT2D eigenvalue weighted by Gasteiger charge is -2.53. The van der Waals surface area contributed by atoms with Gasteiger partial charge in [-0.05, 0) is 20.8 Å². The minimum absolute atomic E-state index is 0.174. The van der Waals surface area contributed by atoms with Crippen LogP contribution < -0.4 is 0 Å². The number of rotatable bonds is 1. The summed E-state index contributed by atoms with van der Waals surface area (Å²) < 4.78 is 0. The highest BCUT2D eigenvalue weighted by Crippen LogP contribution is 2.34. The molecule has 0 aromatic carbocycles. The van der Waals surface area contributed by atoms with E-state index in [2.05, 4.69) is 32.6 Å². The van der Waals surface area contributed by atoms with Gasteiger partial charge in [-0.2, -0.15) is 0 Å². The molecule has 0 atom stereocenters. The number of hydrogen-bond acceptors (Lipinski definition) is 2. The molecule has 1 saturated heterocycles. The first-order valence-corrected chi connectivity index (χ1v) is 4.23. The Kier molecular flexibility index (Phi) is 2.01. The Morgan fingerprint density at radius 2 is 1.82 bits per heavy atom. The van der Waals surface area contributed by atoms with Crippen molar-refractivity contribution in [2.45, 2.75) is 33.2 Å². The third kappa shape index (κ3) is 1.74. The molecule has 0 unspecified atom stereocenters. The van der Waals surface area contributed by atoms with Gasteiger partial charge in [0.15, 0.2) is 0 Å². The van der Waals surface area contributed by atoms with Crippen LogP contribution >= 0.6 is 0 Å². The molecule has 1 rings (SSSR count). The van der Waals surface area contributed by atoms with Crippen molar-refractivity contribution in [2.24, 2.45) is 5.41 Å². The Morgan fingerprint density at radius 1 is 1.36 bits per heavy atom. The van der Waals surface area contributed by atoms with Crippen LogP contribution in [0.2, 0.25) is 0 Å². The number of likely N-dealkylation sites (tertiary alicyclic amines) is 1. The van der Waals surface area contributed by atoms with Gasteiger partial charge in [-0.1, -0.05) is 6.92 Å². The fourth-order valence-corrected chi connectivity index (χ4v) is 1.45. The second-order valence-electron chi connectivity index (χ2n) is 5.00. The molecule has 0 saturated carbocycles. The highest BCUT2D eigenvalue weighted by atomic mass is 16.3. The summed E-state index contributed by atoms with van der Waals surface area (Å²) in [5.41, 5.74) is 0.446. The van der Waals surface area contributed by atoms with Crippen molar-refractivity contribution < 1.29 is 5.11 Å². The predicted molar refractivity (Wildman–Crippen MR) is 46.5 cm³/mol. The average molecular weight is 157 g/mol. The SMILES string of the molecule is CC1(CO)CN(C(C)(C)C)C1. The van der Waals surface area contributed by atoms with Crippen LogP contribution in [0.5, 0.6) is 0 Å². The maximum Gasteiger partial charge on any atom is 0.0509 e. The minimum Gasteiger partial charge on any atom is -0.396 e. The summed E-state index contributed by atoms with van der Waals surface area (Å²) in [5.74, 6) is 0. The van der Waals surface area contributed by atoms with Crippen molar-refractivity contribution in [3.63, 3.8) is 0 Å². The Bertz CT molecular complexity index is 142. The fourth-order valence-electron chi connectivity index (χ4n) is 1.45. The topological polar surface area (TPSA) is 23.5 Å². The van der Waals surface area contributed by atoms with Crippen LogP contribution in [0.4, 0.5) is 0 Å². The van der Waals surface area contributed by atoms with Gasteiger partial charge in [-0.3, -0.25) is 4.90 Å². The van der Waals surface area contributed by atoms with E-state index in [4.69, 9.17) is 5.11 Å². The van der Waals surface area contributed by atoms with Gasteiger partial charge in [0.25, 0.3) is 0 Å². The van der Waals surface area contributed by atoms with Gasteiger partial charge >= 0.3 is 0 Å². The van der Waals surface area contributed by atoms with Crippen molar-refractivity contribution in [3.8, 4) is 0 Å². The van der Waals surface area contributed by atoms with Gasteiger partial charge in [0.2, 0.25) is 0 Å². The quantitative estimate of drug-likeness (QED) is 0.616. The van der Waals surface area contributed by atoms with Gasteiger partial charge in [-0.25, -0.2) is 0 Å². The smallest absolute Gasteiger partial charge is 0.0509 e. The first kappa shape index (κ1) is 9.01. The number of aliphatic hydroxyl groups is 1. The van der Waals surface area contributed by atoms with Gasteiger partial charge in [0.05, 0.1) is 6.61 Å². The summed E-state index contributed by atoms with van der Waals surface area (Å²) in [6.45, 7) is 11.2. The lowest BCUT2D eigenvalue weighted by Crippen LogP contribution is -2.62. The molecule has 66 valence electrons. The zero-order chi connectivity index (χ0) is 8.70. The number of nitrogens with zero attached hydrogens (tertiary/aromatic N) is 1. The Labute approximate surface area is 69.2 Å². The van der Waals surface area contributed by atoms with Gasteiger partial charge in [-0.15, -0.1) is 0 Å². The minimum atomic E-state index is 0.174. The normalized spacial score (nSPS) is 24.8. The lowest BCUT2D eigenvalue weighted by molar-refractivity contribution is -0.0749. The largest absolute Gasteiger partial charge is 0.396 e. The van der Waals surface area contributed by atoms with Crippen molar-refractivity contribution >= 4 is 0 Å². The van der Waals surface area contributed by atoms with Gasteiger partial charge in [0.1, 0.15) is 0 Å². The molecule has 0 amide bonds. The van der Waals surface area contributed by atoms with E-state index in [9.17, 15) is 0 Å². The van der Waals surface area contributed by atoms with E-state index < -0.39 is 0 Å². The second-order valence-corrected chi connectivity index (χ2v) is 5.00. The number of aliphatic hydroxyl groups excluding tert-OH is 1. The molecular weight excluding hydrogens is 138 g/mol. The van der Waals surface area contributed by atoms with Crippen LogP contribution in [0.15, 0.2) is 0 Å². The van der Waals surface area contributed by atoms with Crippen molar-refractivity contribution in [2.75, 3.05) is 19.7 Å². The van der Waals surface area contributed by atoms with E-state index in [1.807, 2.05) is 0 Å². The summed E-state index contributed by atoms with van der Waals surface area (Å²) in [6, 6.07) is 0. The predicted octanol–water partition coefficient (Wildman–Crippen LogP) is 1.10. The van der Waals surface area contributed by atoms with Gasteiger partial charge in [0, 0.05) is 24.0 Å². The molecule has 11 heavy (non-hydrogen) atoms. The highest BCUT2D eigenvalue weighted by Gasteiger charge is 2.42. The molecule has 0 aromatic rings. The van der Waals surface area contributed by atoms with E-state index in [1.54, 1.807) is 0 Å². The van der Waals surface area contributed by atoms with Crippen LogP contribution in [0.3, 0.4) is 0 Å². The van der Waals surface area contributed by atoms with E-state index >= 15 is 0 Å². The molecular formula is C9H19NO. The van der Waals surface area contributed by atoms with Crippen LogP contribution in [0.1, 0.15) is 27.7 Å². The van der Waals surface area contributed by atoms with E-state index in [-0.39, 0.29) is 11.0 Å². The van der Waals surface area contributed by atoms with Crippen LogP contribution in [0.25, 0.3) is 0 Å². The first-order valence-electron chi connectivity index (χ1n) is 4.23. The molecule has 1 aliphatic heterocycles. The van der Waals surface area contributed by atoms with E-state index in [0.29, 0.717) is 6.61 Å². The standard InChI is InChI=1S/C9H19NO/c1-8(2,3)10-5-9(4,6-10)7-11/h11H,5-7H2,1-4H3. The van der Waals surface area contributed by atoms with E-state index in [0.717, 1.165) is 13.1 Å². The fraction of sp³-hybridized carbons (Fsp3) is 1.00. The van der Waals surface area contributed by atoms with Crippen molar-refractivity contribution in [1.29, 1.82) is 0 Å². The summed E-state index contributed by atoms with van der Waals surface area (Å²) in [5, 5.41) is 9.00. The molecule has 0 spiro atoms. The van der Waals surface area contributed by atoms with Crippen LogP contribution in [-0.4, -0.2) is 35.2 Å². The maximum atomic E-state index is 9.00. The Balaban J connectivity index is 2.40. The Morgan fingerprint density at radius 3 is 2.09 bits per heavy atom. The van der Waals surface area contributed by atoms with Gasteiger partial charge < -0.3 is 5.11 Å². The lowest BCUT2D eigenvalue weighted by atomic mass is 9.80. The van der Waals surface area contributed by atoms with E-state index in [1.165, 1.54) is 0 Å². The monoisotopic (exact) mass is 157 g/mol. The Hall–Kier alpha value is -0.0800. The summed E-state index contributed by atoms with van der Waals surface area (Å²) in [6.07, 6.45) is 0. The number of hydrogen-bond donors (Lipinski definition) is 1. The average Bonchev–Trinajstić information content (AvgIpc) is 1.78. The summed E-state index contributed by atoms with van der Waals surface area (Å²) in [7, 11) is 0. The first-order chi connectivity index (χ1) is 4.87. The molecule has 1 fully saturated rings. The zero-order valence-electron chi connectivity index (χ0n) is 8.02. The van der Waals surface area contributed by atoms with Crippen molar-refractivity contribution in [3.05, 3.63) is 0 Å². The molecule has 0 bridgehead atoms. The summed E-state index contributed by atoms with van der Waals surface area (Å²) >= 11 is 0. The molecule has 0 aliphatic carbocycles. The molecule has 0 aromatic heterocycles. The molecule has 1 heterocycles. The molecule has 2 heteroatoms. The highest BCUT2D eigenvalue weighted by molar-refractivity contribution is 4.96. The third-order valence-electron chi connectivity index (χ3n) is 2.48.